The van der Waals surface area contributed by atoms with Crippen LogP contribution in [-0.2, 0) is 19.1 Å². The van der Waals surface area contributed by atoms with E-state index in [0.29, 0.717) is 11.4 Å². The second-order valence-corrected chi connectivity index (χ2v) is 11.9. The summed E-state index contributed by atoms with van der Waals surface area (Å²) in [5, 5.41) is 11.6. The lowest BCUT2D eigenvalue weighted by atomic mass is 9.44. The summed E-state index contributed by atoms with van der Waals surface area (Å²) in [7, 11) is 0. The average Bonchev–Trinajstić information content (AvgIpc) is 3.32. The van der Waals surface area contributed by atoms with Gasteiger partial charge in [-0.3, -0.25) is 9.59 Å². The van der Waals surface area contributed by atoms with Gasteiger partial charge >= 0.3 is 0 Å². The number of nitrogen functional groups attached to an aromatic ring is 1. The number of rotatable bonds is 4. The lowest BCUT2D eigenvalue weighted by Crippen LogP contribution is -2.71. The van der Waals surface area contributed by atoms with Gasteiger partial charge in [-0.2, -0.15) is 0 Å². The van der Waals surface area contributed by atoms with Crippen LogP contribution < -0.4 is 10.5 Å². The largest absolute Gasteiger partial charge is 0.486 e. The maximum Gasteiger partial charge on any atom is 0.205 e. The minimum absolute atomic E-state index is 0.0633. The third-order valence-electron chi connectivity index (χ3n) is 10.2. The van der Waals surface area contributed by atoms with Crippen molar-refractivity contribution in [3.05, 3.63) is 48.1 Å². The molecule has 1 saturated heterocycles. The van der Waals surface area contributed by atoms with Crippen LogP contribution in [0.3, 0.4) is 0 Å². The number of anilines is 1. The normalized spacial score (nSPS) is 47.0. The maximum atomic E-state index is 17.4. The number of hydrogen-bond donors (Lipinski definition) is 2. The molecule has 0 radical (unpaired) electrons. The zero-order valence-corrected chi connectivity index (χ0v) is 21.7. The summed E-state index contributed by atoms with van der Waals surface area (Å²) in [4.78, 5) is 26.0. The van der Waals surface area contributed by atoms with E-state index in [1.165, 1.54) is 18.2 Å². The Hall–Kier alpha value is -2.62. The van der Waals surface area contributed by atoms with Crippen molar-refractivity contribution in [3.63, 3.8) is 0 Å². The number of aliphatic hydroxyl groups is 1. The summed E-state index contributed by atoms with van der Waals surface area (Å²) < 4.78 is 51.2. The second kappa shape index (κ2) is 8.19. The van der Waals surface area contributed by atoms with Gasteiger partial charge in [-0.15, -0.1) is 0 Å². The fourth-order valence-corrected chi connectivity index (χ4v) is 8.45. The van der Waals surface area contributed by atoms with Gasteiger partial charge in [0.1, 0.15) is 18.5 Å². The lowest BCUT2D eigenvalue weighted by Gasteiger charge is -2.63. The standard InChI is InChI=1S/C29H33F2NO6/c1-15-37-25-12-19-20-11-22(30)21-10-17(33)8-9-26(21,2)28(20,31)23(34)13-27(19,3)29(25,38-15)24(35)14-36-18-6-4-16(32)5-7-18/h4-10,15,19-20,22-23,25,34H,11-14,32H2,1-3H3/t15-,19+,20+,22+,23+,25-,26+,27+,28+,29-/m1/s1. The smallest absolute Gasteiger partial charge is 0.205 e. The number of hydrogen-bond acceptors (Lipinski definition) is 7. The van der Waals surface area contributed by atoms with Gasteiger partial charge in [0.15, 0.2) is 23.3 Å². The number of fused-ring (bicyclic) bond motifs is 7. The van der Waals surface area contributed by atoms with E-state index in [0.717, 1.165) is 0 Å². The number of halogens is 2. The highest BCUT2D eigenvalue weighted by atomic mass is 19.1. The van der Waals surface area contributed by atoms with E-state index in [9.17, 15) is 14.7 Å². The van der Waals surface area contributed by atoms with Crippen molar-refractivity contribution >= 4 is 17.3 Å². The molecular weight excluding hydrogens is 496 g/mol. The monoisotopic (exact) mass is 529 g/mol. The molecule has 1 heterocycles. The molecule has 1 aliphatic heterocycles. The molecule has 0 unspecified atom stereocenters. The molecule has 38 heavy (non-hydrogen) atoms. The summed E-state index contributed by atoms with van der Waals surface area (Å²) in [5.74, 6) is -1.75. The number of ether oxygens (including phenoxy) is 3. The zero-order chi connectivity index (χ0) is 27.3. The summed E-state index contributed by atoms with van der Waals surface area (Å²) in [5.41, 5.74) is 0.0883. The van der Waals surface area contributed by atoms with Gasteiger partial charge in [-0.05, 0) is 81.0 Å². The highest BCUT2D eigenvalue weighted by molar-refractivity contribution is 6.01. The topological polar surface area (TPSA) is 108 Å². The van der Waals surface area contributed by atoms with Crippen LogP contribution in [0, 0.1) is 22.7 Å². The molecule has 4 fully saturated rings. The Morgan fingerprint density at radius 1 is 1.21 bits per heavy atom. The highest BCUT2D eigenvalue weighted by Gasteiger charge is 2.79. The molecule has 1 aromatic rings. The molecule has 10 atom stereocenters. The molecule has 4 aliphatic carbocycles. The molecule has 3 N–H and O–H groups in total. The molecule has 204 valence electrons. The van der Waals surface area contributed by atoms with E-state index in [-0.39, 0.29) is 37.2 Å². The number of allylic oxidation sites excluding steroid dienone is 4. The lowest BCUT2D eigenvalue weighted by molar-refractivity contribution is -0.232. The Morgan fingerprint density at radius 3 is 2.63 bits per heavy atom. The third-order valence-corrected chi connectivity index (χ3v) is 10.2. The molecule has 1 aromatic carbocycles. The van der Waals surface area contributed by atoms with Crippen molar-refractivity contribution in [1.82, 2.24) is 0 Å². The zero-order valence-electron chi connectivity index (χ0n) is 21.7. The van der Waals surface area contributed by atoms with Crippen LogP contribution >= 0.6 is 0 Å². The molecular formula is C29H33F2NO6. The minimum Gasteiger partial charge on any atom is -0.486 e. The Kier molecular flexibility index (Phi) is 5.53. The Labute approximate surface area is 220 Å². The van der Waals surface area contributed by atoms with Gasteiger partial charge < -0.3 is 25.1 Å². The molecule has 3 saturated carbocycles. The van der Waals surface area contributed by atoms with E-state index in [1.807, 2.05) is 6.92 Å². The van der Waals surface area contributed by atoms with Crippen molar-refractivity contribution in [3.8, 4) is 5.75 Å². The molecule has 9 heteroatoms. The van der Waals surface area contributed by atoms with Gasteiger partial charge in [0, 0.05) is 22.4 Å². The van der Waals surface area contributed by atoms with Crippen LogP contribution in [0.15, 0.2) is 48.1 Å². The first-order valence-electron chi connectivity index (χ1n) is 13.2. The van der Waals surface area contributed by atoms with E-state index in [1.54, 1.807) is 38.1 Å². The fourth-order valence-electron chi connectivity index (χ4n) is 8.45. The Balaban J connectivity index is 1.38. The number of carbonyl (C=O) groups excluding carboxylic acids is 2. The Morgan fingerprint density at radius 2 is 1.92 bits per heavy atom. The van der Waals surface area contributed by atoms with Crippen molar-refractivity contribution < 1.29 is 37.7 Å². The predicted octanol–water partition coefficient (Wildman–Crippen LogP) is 3.65. The van der Waals surface area contributed by atoms with Gasteiger partial charge in [-0.1, -0.05) is 13.0 Å². The van der Waals surface area contributed by atoms with Gasteiger partial charge in [0.25, 0.3) is 0 Å². The minimum atomic E-state index is -2.24. The molecule has 7 nitrogen and oxygen atoms in total. The molecule has 0 aromatic heterocycles. The van der Waals surface area contributed by atoms with Crippen LogP contribution in [0.25, 0.3) is 0 Å². The fraction of sp³-hybridized carbons (Fsp3) is 0.586. The van der Waals surface area contributed by atoms with Crippen molar-refractivity contribution in [2.45, 2.75) is 76.0 Å². The van der Waals surface area contributed by atoms with Gasteiger partial charge in [-0.25, -0.2) is 8.78 Å². The summed E-state index contributed by atoms with van der Waals surface area (Å²) in [6.45, 7) is 4.76. The van der Waals surface area contributed by atoms with Gasteiger partial charge in [0.05, 0.1) is 12.2 Å². The van der Waals surface area contributed by atoms with Crippen LogP contribution in [0.1, 0.15) is 40.0 Å². The molecule has 6 rings (SSSR count). The number of alkyl halides is 2. The number of aliphatic hydroxyl groups excluding tert-OH is 1. The number of Topliss-reactive ketones (excluding diaryl/α,β-unsaturated/α-hetero) is 1. The van der Waals surface area contributed by atoms with Crippen molar-refractivity contribution in [2.24, 2.45) is 22.7 Å². The number of carbonyl (C=O) groups is 2. The first kappa shape index (κ1) is 25.6. The van der Waals surface area contributed by atoms with Crippen LogP contribution in [0.5, 0.6) is 5.75 Å². The average molecular weight is 530 g/mol. The van der Waals surface area contributed by atoms with Crippen LogP contribution in [0.4, 0.5) is 14.5 Å². The SMILES string of the molecule is C[C@@H]1O[C@@H]2C[C@H]3[C@@H]4C[C@H](F)C5=CC(=O)C=C[C@]5(C)[C@@]4(F)[C@@H](O)C[C@]3(C)[C@]2(C(=O)COc2ccc(N)cc2)O1. The summed E-state index contributed by atoms with van der Waals surface area (Å²) in [6, 6.07) is 6.64. The first-order valence-corrected chi connectivity index (χ1v) is 13.2. The summed E-state index contributed by atoms with van der Waals surface area (Å²) >= 11 is 0. The molecule has 0 amide bonds. The molecule has 5 aliphatic rings. The van der Waals surface area contributed by atoms with E-state index in [4.69, 9.17) is 19.9 Å². The number of benzene rings is 1. The second-order valence-electron chi connectivity index (χ2n) is 11.9. The third kappa shape index (κ3) is 3.09. The quantitative estimate of drug-likeness (QED) is 0.574. The first-order chi connectivity index (χ1) is 17.9. The maximum absolute atomic E-state index is 17.4. The molecule has 0 spiro atoms. The van der Waals surface area contributed by atoms with Crippen LogP contribution in [0.2, 0.25) is 0 Å². The van der Waals surface area contributed by atoms with E-state index >= 15 is 8.78 Å². The van der Waals surface area contributed by atoms with E-state index in [2.05, 4.69) is 0 Å². The van der Waals surface area contributed by atoms with Gasteiger partial charge in [0.2, 0.25) is 5.78 Å². The highest BCUT2D eigenvalue weighted by Crippen LogP contribution is 2.72. The predicted molar refractivity (Wildman–Crippen MR) is 134 cm³/mol. The number of nitrogens with two attached hydrogens (primary N) is 1. The van der Waals surface area contributed by atoms with Crippen molar-refractivity contribution in [2.75, 3.05) is 12.3 Å². The van der Waals surface area contributed by atoms with E-state index < -0.39 is 64.4 Å². The molecule has 0 bridgehead atoms. The Bertz CT molecular complexity index is 1250. The number of ketones is 2. The van der Waals surface area contributed by atoms with Crippen LogP contribution in [-0.4, -0.2) is 59.2 Å². The summed E-state index contributed by atoms with van der Waals surface area (Å²) in [6.07, 6.45) is -0.673. The van der Waals surface area contributed by atoms with Crippen molar-refractivity contribution in [1.29, 1.82) is 0 Å².